The number of rotatable bonds is 5. The van der Waals surface area contributed by atoms with E-state index in [0.29, 0.717) is 16.8 Å². The molecule has 1 aromatic carbocycles. The van der Waals surface area contributed by atoms with Gasteiger partial charge < -0.3 is 9.64 Å². The monoisotopic (exact) mass is 267 g/mol. The number of benzene rings is 1. The van der Waals surface area contributed by atoms with Crippen LogP contribution in [0, 0.1) is 6.92 Å². The van der Waals surface area contributed by atoms with Gasteiger partial charge in [0.2, 0.25) is 0 Å². The van der Waals surface area contributed by atoms with Gasteiger partial charge in [0.05, 0.1) is 0 Å². The topological polar surface area (TPSA) is 29.5 Å². The van der Waals surface area contributed by atoms with Crippen molar-refractivity contribution in [3.05, 3.63) is 28.8 Å². The lowest BCUT2D eigenvalue weighted by Gasteiger charge is -2.20. The highest BCUT2D eigenvalue weighted by molar-refractivity contribution is 6.30. The minimum Gasteiger partial charge on any atom is -0.483 e. The van der Waals surface area contributed by atoms with Crippen molar-refractivity contribution in [1.29, 1.82) is 0 Å². The van der Waals surface area contributed by atoms with Gasteiger partial charge in [0.1, 0.15) is 5.75 Å². The van der Waals surface area contributed by atoms with Crippen molar-refractivity contribution < 1.29 is 9.53 Å². The maximum Gasteiger partial charge on any atom is 0.260 e. The predicted molar refractivity (Wildman–Crippen MR) is 72.1 cm³/mol. The Bertz CT molecular complexity index is 443. The molecule has 98 valence electrons. The summed E-state index contributed by atoms with van der Waals surface area (Å²) in [4.78, 5) is 13.9. The summed E-state index contributed by atoms with van der Waals surface area (Å²) in [6.07, 6.45) is 2.24. The Morgan fingerprint density at radius 2 is 2.22 bits per heavy atom. The van der Waals surface area contributed by atoms with Crippen LogP contribution in [0.4, 0.5) is 0 Å². The molecule has 0 spiro atoms. The Kier molecular flexibility index (Phi) is 4.12. The van der Waals surface area contributed by atoms with Crippen molar-refractivity contribution >= 4 is 17.5 Å². The minimum absolute atomic E-state index is 0.0550. The normalized spacial score (nSPS) is 14.4. The highest BCUT2D eigenvalue weighted by atomic mass is 35.5. The molecule has 0 atom stereocenters. The summed E-state index contributed by atoms with van der Waals surface area (Å²) in [6, 6.07) is 5.89. The first-order valence-electron chi connectivity index (χ1n) is 6.30. The van der Waals surface area contributed by atoms with Crippen LogP contribution in [0.15, 0.2) is 18.2 Å². The molecular formula is C14H18ClNO2. The maximum absolute atomic E-state index is 12.0. The number of nitrogens with zero attached hydrogens (tertiary/aromatic N) is 1. The number of amides is 1. The van der Waals surface area contributed by atoms with Crippen molar-refractivity contribution in [3.8, 4) is 5.75 Å². The number of hydrogen-bond acceptors (Lipinski definition) is 2. The average molecular weight is 268 g/mol. The molecule has 1 aliphatic carbocycles. The molecule has 0 saturated heterocycles. The summed E-state index contributed by atoms with van der Waals surface area (Å²) in [5.74, 6) is 0.738. The van der Waals surface area contributed by atoms with Gasteiger partial charge in [-0.2, -0.15) is 0 Å². The second-order valence-electron chi connectivity index (χ2n) is 4.61. The molecule has 0 bridgehead atoms. The fourth-order valence-electron chi connectivity index (χ4n) is 1.98. The zero-order valence-corrected chi connectivity index (χ0v) is 11.5. The zero-order chi connectivity index (χ0) is 13.1. The molecule has 1 amide bonds. The number of halogens is 1. The molecular weight excluding hydrogens is 250 g/mol. The van der Waals surface area contributed by atoms with E-state index in [9.17, 15) is 4.79 Å². The number of aryl methyl sites for hydroxylation is 1. The Morgan fingerprint density at radius 3 is 2.83 bits per heavy atom. The van der Waals surface area contributed by atoms with Crippen molar-refractivity contribution in [3.63, 3.8) is 0 Å². The standard InChI is InChI=1S/C14H18ClNO2/c1-3-16(12-6-7-12)14(17)9-18-13-8-11(15)5-4-10(13)2/h4-5,8,12H,3,6-7,9H2,1-2H3. The van der Waals surface area contributed by atoms with Gasteiger partial charge >= 0.3 is 0 Å². The number of likely N-dealkylation sites (N-methyl/N-ethyl adjacent to an activating group) is 1. The number of carbonyl (C=O) groups excluding carboxylic acids is 1. The first kappa shape index (κ1) is 13.2. The average Bonchev–Trinajstić information content (AvgIpc) is 3.16. The number of carbonyl (C=O) groups is 1. The van der Waals surface area contributed by atoms with E-state index in [4.69, 9.17) is 16.3 Å². The summed E-state index contributed by atoms with van der Waals surface area (Å²) >= 11 is 5.91. The molecule has 1 fully saturated rings. The highest BCUT2D eigenvalue weighted by Gasteiger charge is 2.31. The van der Waals surface area contributed by atoms with E-state index in [1.165, 1.54) is 0 Å². The largest absolute Gasteiger partial charge is 0.483 e. The molecule has 0 aromatic heterocycles. The van der Waals surface area contributed by atoms with Crippen LogP contribution in [0.2, 0.25) is 5.02 Å². The number of ether oxygens (including phenoxy) is 1. The van der Waals surface area contributed by atoms with Crippen LogP contribution < -0.4 is 4.74 Å². The molecule has 2 rings (SSSR count). The third-order valence-electron chi connectivity index (χ3n) is 3.15. The van der Waals surface area contributed by atoms with Gasteiger partial charge in [-0.1, -0.05) is 17.7 Å². The molecule has 18 heavy (non-hydrogen) atoms. The first-order valence-corrected chi connectivity index (χ1v) is 6.68. The van der Waals surface area contributed by atoms with Gasteiger partial charge in [0.15, 0.2) is 6.61 Å². The predicted octanol–water partition coefficient (Wildman–Crippen LogP) is 3.04. The van der Waals surface area contributed by atoms with Gasteiger partial charge in [-0.3, -0.25) is 4.79 Å². The smallest absolute Gasteiger partial charge is 0.260 e. The molecule has 3 nitrogen and oxygen atoms in total. The lowest BCUT2D eigenvalue weighted by Crippen LogP contribution is -2.36. The van der Waals surface area contributed by atoms with E-state index in [-0.39, 0.29) is 12.5 Å². The van der Waals surface area contributed by atoms with Crippen LogP contribution in [-0.2, 0) is 4.79 Å². The van der Waals surface area contributed by atoms with E-state index in [2.05, 4.69) is 0 Å². The van der Waals surface area contributed by atoms with Crippen LogP contribution in [-0.4, -0.2) is 30.0 Å². The molecule has 4 heteroatoms. The number of hydrogen-bond donors (Lipinski definition) is 0. The third kappa shape index (κ3) is 3.16. The minimum atomic E-state index is 0.0550. The maximum atomic E-state index is 12.0. The van der Waals surface area contributed by atoms with Crippen molar-refractivity contribution in [2.75, 3.05) is 13.2 Å². The van der Waals surface area contributed by atoms with Crippen molar-refractivity contribution in [2.45, 2.75) is 32.7 Å². The van der Waals surface area contributed by atoms with Crippen molar-refractivity contribution in [2.24, 2.45) is 0 Å². The summed E-state index contributed by atoms with van der Waals surface area (Å²) in [5.41, 5.74) is 0.988. The molecule has 1 aliphatic rings. The molecule has 0 heterocycles. The van der Waals surface area contributed by atoms with Gasteiger partial charge in [0, 0.05) is 17.6 Å². The Balaban J connectivity index is 1.94. The second kappa shape index (κ2) is 5.61. The fraction of sp³-hybridized carbons (Fsp3) is 0.500. The summed E-state index contributed by atoms with van der Waals surface area (Å²) in [6.45, 7) is 4.78. The van der Waals surface area contributed by atoms with E-state index in [1.807, 2.05) is 30.9 Å². The SMILES string of the molecule is CCN(C(=O)COc1cc(Cl)ccc1C)C1CC1. The summed E-state index contributed by atoms with van der Waals surface area (Å²) in [7, 11) is 0. The lowest BCUT2D eigenvalue weighted by atomic mass is 10.2. The van der Waals surface area contributed by atoms with E-state index < -0.39 is 0 Å². The van der Waals surface area contributed by atoms with E-state index >= 15 is 0 Å². The van der Waals surface area contributed by atoms with Gasteiger partial charge in [-0.05, 0) is 44.4 Å². The fourth-order valence-corrected chi connectivity index (χ4v) is 2.14. The molecule has 0 aliphatic heterocycles. The summed E-state index contributed by atoms with van der Waals surface area (Å²) < 4.78 is 5.56. The van der Waals surface area contributed by atoms with Gasteiger partial charge in [-0.15, -0.1) is 0 Å². The first-order chi connectivity index (χ1) is 8.61. The Morgan fingerprint density at radius 1 is 1.50 bits per heavy atom. The summed E-state index contributed by atoms with van der Waals surface area (Å²) in [5, 5.41) is 0.623. The van der Waals surface area contributed by atoms with Crippen LogP contribution in [0.1, 0.15) is 25.3 Å². The van der Waals surface area contributed by atoms with Crippen LogP contribution in [0.3, 0.4) is 0 Å². The van der Waals surface area contributed by atoms with Crippen molar-refractivity contribution in [1.82, 2.24) is 4.90 Å². The van der Waals surface area contributed by atoms with E-state index in [1.54, 1.807) is 6.07 Å². The van der Waals surface area contributed by atoms with E-state index in [0.717, 1.165) is 24.9 Å². The Hall–Kier alpha value is -1.22. The van der Waals surface area contributed by atoms with Gasteiger partial charge in [0.25, 0.3) is 5.91 Å². The molecule has 0 unspecified atom stereocenters. The van der Waals surface area contributed by atoms with Gasteiger partial charge in [-0.25, -0.2) is 0 Å². The lowest BCUT2D eigenvalue weighted by molar-refractivity contribution is -0.133. The van der Waals surface area contributed by atoms with Crippen LogP contribution in [0.5, 0.6) is 5.75 Å². The highest BCUT2D eigenvalue weighted by Crippen LogP contribution is 2.27. The second-order valence-corrected chi connectivity index (χ2v) is 5.05. The Labute approximate surface area is 113 Å². The molecule has 1 aromatic rings. The van der Waals surface area contributed by atoms with Crippen LogP contribution >= 0.6 is 11.6 Å². The molecule has 1 saturated carbocycles. The third-order valence-corrected chi connectivity index (χ3v) is 3.39. The molecule has 0 N–H and O–H groups in total. The van der Waals surface area contributed by atoms with Crippen LogP contribution in [0.25, 0.3) is 0 Å². The molecule has 0 radical (unpaired) electrons. The quantitative estimate of drug-likeness (QED) is 0.821. The zero-order valence-electron chi connectivity index (χ0n) is 10.8.